The van der Waals surface area contributed by atoms with Gasteiger partial charge in [-0.1, -0.05) is 121 Å². The van der Waals surface area contributed by atoms with E-state index in [4.69, 9.17) is 4.11 Å². The molecule has 0 amide bonds. The number of fused-ring (bicyclic) bond motifs is 6. The fraction of sp³-hybridized carbons (Fsp3) is 0.0217. The second-order valence-corrected chi connectivity index (χ2v) is 13.6. The van der Waals surface area contributed by atoms with Crippen molar-refractivity contribution in [3.63, 3.8) is 0 Å². The lowest BCUT2D eigenvalue weighted by Crippen LogP contribution is -1.98. The Bertz CT molecular complexity index is 3010. The van der Waals surface area contributed by atoms with Gasteiger partial charge in [0.1, 0.15) is 5.82 Å². The minimum atomic E-state index is -2.39. The van der Waals surface area contributed by atoms with E-state index in [0.717, 1.165) is 44.2 Å². The highest BCUT2D eigenvalue weighted by atomic mass is 32.1. The van der Waals surface area contributed by atoms with E-state index >= 15 is 0 Å². The van der Waals surface area contributed by atoms with E-state index in [1.54, 1.807) is 4.57 Å². The molecule has 49 heavy (non-hydrogen) atoms. The Labute approximate surface area is 292 Å². The van der Waals surface area contributed by atoms with Crippen LogP contribution in [0.1, 0.15) is 9.94 Å². The zero-order chi connectivity index (χ0) is 35.0. The van der Waals surface area contributed by atoms with E-state index in [9.17, 15) is 0 Å². The zero-order valence-electron chi connectivity index (χ0n) is 29.4. The molecule has 0 radical (unpaired) electrons. The summed E-state index contributed by atoms with van der Waals surface area (Å²) in [7, 11) is 0. The Morgan fingerprint density at radius 2 is 1.20 bits per heavy atom. The lowest BCUT2D eigenvalue weighted by atomic mass is 9.84. The summed E-state index contributed by atoms with van der Waals surface area (Å²) < 4.78 is 29.5. The SMILES string of the molecule is [2H]C([2H])([2H])c1nc2ccccc2n1-c1cccc(-c2c3ccccc3c(-c3cccc4sc5ccccc5c34)c3cc(-c4ccccc4)ccc23)c1. The standard InChI is InChI=1S/C46H30N2S/c1-29-47-40-21-8-9-22-41(40)48(29)33-16-11-15-32(27-33)44-34-17-5-6-18-35(34)45(39-28-31(25-26-36(39)44)30-13-3-2-4-14-30)38-20-12-24-43-46(38)37-19-7-10-23-42(37)49-43/h2-28H,1H3/i1D3. The molecule has 2 heterocycles. The molecule has 0 fully saturated rings. The molecule has 0 aliphatic carbocycles. The van der Waals surface area contributed by atoms with Gasteiger partial charge < -0.3 is 0 Å². The van der Waals surface area contributed by atoms with Crippen molar-refractivity contribution < 1.29 is 4.11 Å². The molecule has 0 saturated heterocycles. The topological polar surface area (TPSA) is 17.8 Å². The summed E-state index contributed by atoms with van der Waals surface area (Å²) in [6.07, 6.45) is 0. The number of aryl methyl sites for hydroxylation is 1. The van der Waals surface area contributed by atoms with Gasteiger partial charge in [-0.15, -0.1) is 11.3 Å². The Morgan fingerprint density at radius 3 is 2.08 bits per heavy atom. The quantitative estimate of drug-likeness (QED) is 0.174. The van der Waals surface area contributed by atoms with Gasteiger partial charge in [0.05, 0.1) is 11.0 Å². The largest absolute Gasteiger partial charge is 0.297 e. The van der Waals surface area contributed by atoms with E-state index in [1.807, 2.05) is 47.7 Å². The summed E-state index contributed by atoms with van der Waals surface area (Å²) in [5, 5.41) is 7.15. The first-order chi connectivity index (χ1) is 25.4. The number of para-hydroxylation sites is 2. The molecule has 0 atom stereocenters. The van der Waals surface area contributed by atoms with Crippen LogP contribution in [-0.4, -0.2) is 9.55 Å². The molecular formula is C46H30N2S. The van der Waals surface area contributed by atoms with Gasteiger partial charge >= 0.3 is 0 Å². The number of aromatic nitrogens is 2. The Balaban J connectivity index is 1.32. The molecule has 10 aromatic rings. The number of imidazole rings is 1. The Hall–Kier alpha value is -6.03. The van der Waals surface area contributed by atoms with Crippen molar-refractivity contribution in [2.45, 2.75) is 6.85 Å². The van der Waals surface area contributed by atoms with E-state index < -0.39 is 6.85 Å². The molecule has 0 N–H and O–H groups in total. The third kappa shape index (κ3) is 4.36. The lowest BCUT2D eigenvalue weighted by molar-refractivity contribution is 1.00. The van der Waals surface area contributed by atoms with E-state index in [-0.39, 0.29) is 5.82 Å². The van der Waals surface area contributed by atoms with Gasteiger partial charge in [0.15, 0.2) is 0 Å². The summed E-state index contributed by atoms with van der Waals surface area (Å²) in [5.74, 6) is 0.0551. The Kier molecular flexibility index (Phi) is 5.63. The predicted octanol–water partition coefficient (Wildman–Crippen LogP) is 13.0. The molecule has 10 rings (SSSR count). The number of rotatable bonds is 4. The van der Waals surface area contributed by atoms with Crippen molar-refractivity contribution in [2.24, 2.45) is 0 Å². The van der Waals surface area contributed by atoms with Crippen LogP contribution in [0.5, 0.6) is 0 Å². The molecule has 0 aliphatic rings. The van der Waals surface area contributed by atoms with E-state index in [0.29, 0.717) is 5.52 Å². The molecule has 0 aliphatic heterocycles. The number of hydrogen-bond donors (Lipinski definition) is 0. The van der Waals surface area contributed by atoms with Crippen LogP contribution in [0, 0.1) is 6.85 Å². The van der Waals surface area contributed by atoms with Crippen LogP contribution in [0.3, 0.4) is 0 Å². The number of thiophene rings is 1. The summed E-state index contributed by atoms with van der Waals surface area (Å²) in [4.78, 5) is 4.59. The van der Waals surface area contributed by atoms with Crippen LogP contribution < -0.4 is 0 Å². The van der Waals surface area contributed by atoms with Gasteiger partial charge in [-0.05, 0) is 104 Å². The summed E-state index contributed by atoms with van der Waals surface area (Å²) in [5.41, 5.74) is 9.03. The summed E-state index contributed by atoms with van der Waals surface area (Å²) >= 11 is 1.84. The first kappa shape index (κ1) is 25.0. The van der Waals surface area contributed by atoms with E-state index in [1.165, 1.54) is 42.1 Å². The fourth-order valence-corrected chi connectivity index (χ4v) is 8.79. The van der Waals surface area contributed by atoms with Crippen molar-refractivity contribution in [3.05, 3.63) is 170 Å². The molecule has 2 aromatic heterocycles. The van der Waals surface area contributed by atoms with Crippen molar-refractivity contribution in [3.8, 4) is 39.1 Å². The maximum Gasteiger partial charge on any atom is 0.111 e. The van der Waals surface area contributed by atoms with Gasteiger partial charge in [-0.3, -0.25) is 4.57 Å². The number of nitrogens with zero attached hydrogens (tertiary/aromatic N) is 2. The second-order valence-electron chi connectivity index (χ2n) is 12.5. The molecule has 3 heteroatoms. The smallest absolute Gasteiger partial charge is 0.111 e. The monoisotopic (exact) mass is 645 g/mol. The van der Waals surface area contributed by atoms with Crippen molar-refractivity contribution in [1.29, 1.82) is 0 Å². The molecule has 0 saturated carbocycles. The van der Waals surface area contributed by atoms with E-state index in [2.05, 4.69) is 132 Å². The molecule has 0 bridgehead atoms. The minimum absolute atomic E-state index is 0.0551. The summed E-state index contributed by atoms with van der Waals surface area (Å²) in [6, 6.07) is 57.4. The number of benzene rings is 8. The van der Waals surface area contributed by atoms with Crippen LogP contribution >= 0.6 is 11.3 Å². The predicted molar refractivity (Wildman–Crippen MR) is 210 cm³/mol. The molecule has 0 unspecified atom stereocenters. The minimum Gasteiger partial charge on any atom is -0.297 e. The highest BCUT2D eigenvalue weighted by molar-refractivity contribution is 7.25. The maximum absolute atomic E-state index is 8.37. The zero-order valence-corrected chi connectivity index (χ0v) is 27.2. The van der Waals surface area contributed by atoms with Crippen LogP contribution in [0.2, 0.25) is 0 Å². The second kappa shape index (κ2) is 11.0. The highest BCUT2D eigenvalue weighted by Gasteiger charge is 2.21. The number of hydrogen-bond acceptors (Lipinski definition) is 2. The van der Waals surface area contributed by atoms with Gasteiger partial charge in [-0.2, -0.15) is 0 Å². The van der Waals surface area contributed by atoms with Gasteiger partial charge in [0, 0.05) is 30.0 Å². The average Bonchev–Trinajstić information content (AvgIpc) is 3.77. The van der Waals surface area contributed by atoms with Crippen molar-refractivity contribution in [2.75, 3.05) is 0 Å². The Morgan fingerprint density at radius 1 is 0.510 bits per heavy atom. The van der Waals surface area contributed by atoms with Crippen LogP contribution in [0.25, 0.3) is 91.8 Å². The molecule has 2 nitrogen and oxygen atoms in total. The van der Waals surface area contributed by atoms with Crippen LogP contribution in [-0.2, 0) is 0 Å². The molecule has 230 valence electrons. The lowest BCUT2D eigenvalue weighted by Gasteiger charge is -2.20. The molecule has 8 aromatic carbocycles. The first-order valence-corrected chi connectivity index (χ1v) is 17.3. The first-order valence-electron chi connectivity index (χ1n) is 18.0. The third-order valence-electron chi connectivity index (χ3n) is 9.76. The van der Waals surface area contributed by atoms with Gasteiger partial charge in [0.2, 0.25) is 0 Å². The van der Waals surface area contributed by atoms with Crippen molar-refractivity contribution >= 4 is 64.1 Å². The van der Waals surface area contributed by atoms with Gasteiger partial charge in [0.25, 0.3) is 0 Å². The van der Waals surface area contributed by atoms with Gasteiger partial charge in [-0.25, -0.2) is 4.98 Å². The van der Waals surface area contributed by atoms with Crippen molar-refractivity contribution in [1.82, 2.24) is 9.55 Å². The third-order valence-corrected chi connectivity index (χ3v) is 10.9. The normalized spacial score (nSPS) is 12.9. The molecular weight excluding hydrogens is 613 g/mol. The highest BCUT2D eigenvalue weighted by Crippen LogP contribution is 2.48. The molecule has 0 spiro atoms. The fourth-order valence-electron chi connectivity index (χ4n) is 7.66. The maximum atomic E-state index is 8.37. The summed E-state index contributed by atoms with van der Waals surface area (Å²) in [6.45, 7) is -2.39. The average molecular weight is 646 g/mol. The van der Waals surface area contributed by atoms with Crippen LogP contribution in [0.15, 0.2) is 164 Å². The van der Waals surface area contributed by atoms with Crippen LogP contribution in [0.4, 0.5) is 0 Å².